The van der Waals surface area contributed by atoms with Crippen molar-refractivity contribution in [3.63, 3.8) is 0 Å². The molecule has 0 radical (unpaired) electrons. The van der Waals surface area contributed by atoms with Gasteiger partial charge in [0, 0.05) is 5.69 Å². The Bertz CT molecular complexity index is 773. The molecule has 2 aromatic rings. The molecule has 1 heterocycles. The first-order chi connectivity index (χ1) is 10.3. The van der Waals surface area contributed by atoms with E-state index >= 15 is 0 Å². The van der Waals surface area contributed by atoms with E-state index in [1.807, 2.05) is 0 Å². The molecule has 0 aromatic heterocycles. The van der Waals surface area contributed by atoms with E-state index in [4.69, 9.17) is 5.73 Å². The maximum Gasteiger partial charge on any atom is 0.296 e. The SMILES string of the molecule is Cc1cc(F)cc2c1NC(=O)C2=O.Cc1cc(F)ccc1N. The lowest BCUT2D eigenvalue weighted by Gasteiger charge is -2.01. The van der Waals surface area contributed by atoms with Gasteiger partial charge < -0.3 is 11.1 Å². The summed E-state index contributed by atoms with van der Waals surface area (Å²) in [6, 6.07) is 6.67. The molecule has 0 aliphatic carbocycles. The number of nitrogens with one attached hydrogen (secondary N) is 1. The zero-order chi connectivity index (χ0) is 16.4. The highest BCUT2D eigenvalue weighted by Gasteiger charge is 2.29. The van der Waals surface area contributed by atoms with Crippen molar-refractivity contribution in [1.82, 2.24) is 0 Å². The lowest BCUT2D eigenvalue weighted by molar-refractivity contribution is -0.112. The second-order valence-corrected chi connectivity index (χ2v) is 4.93. The Morgan fingerprint density at radius 1 is 0.955 bits per heavy atom. The highest BCUT2D eigenvalue weighted by atomic mass is 19.1. The Morgan fingerprint density at radius 3 is 2.18 bits per heavy atom. The number of Topliss-reactive ketones (excluding diaryl/α,β-unsaturated/α-hetero) is 1. The van der Waals surface area contributed by atoms with Crippen molar-refractivity contribution in [1.29, 1.82) is 0 Å². The number of fused-ring (bicyclic) bond motifs is 1. The fraction of sp³-hybridized carbons (Fsp3) is 0.125. The van der Waals surface area contributed by atoms with E-state index in [0.29, 0.717) is 16.9 Å². The zero-order valence-electron chi connectivity index (χ0n) is 12.0. The molecular formula is C16H14F2N2O2. The predicted octanol–water partition coefficient (Wildman–Crippen LogP) is 2.99. The Morgan fingerprint density at radius 2 is 1.59 bits per heavy atom. The minimum atomic E-state index is -0.691. The third-order valence-corrected chi connectivity index (χ3v) is 3.22. The molecule has 0 fully saturated rings. The standard InChI is InChI=1S/C9H6FNO2.C7H8FN/c1-4-2-5(10)3-6-7(4)11-9(13)8(6)12;1-5-4-6(8)2-3-7(5)9/h2-3H,1H3,(H,11,12,13);2-4H,9H2,1H3. The highest BCUT2D eigenvalue weighted by Crippen LogP contribution is 2.27. The lowest BCUT2D eigenvalue weighted by atomic mass is 10.1. The van der Waals surface area contributed by atoms with Crippen LogP contribution >= 0.6 is 0 Å². The molecular weight excluding hydrogens is 290 g/mol. The molecule has 114 valence electrons. The van der Waals surface area contributed by atoms with E-state index in [0.717, 1.165) is 11.6 Å². The van der Waals surface area contributed by atoms with Crippen molar-refractivity contribution in [3.05, 3.63) is 58.7 Å². The topological polar surface area (TPSA) is 72.2 Å². The molecule has 1 amide bonds. The average molecular weight is 304 g/mol. The van der Waals surface area contributed by atoms with Gasteiger partial charge in [-0.2, -0.15) is 0 Å². The van der Waals surface area contributed by atoms with Crippen LogP contribution in [0.3, 0.4) is 0 Å². The largest absolute Gasteiger partial charge is 0.399 e. The number of benzene rings is 2. The van der Waals surface area contributed by atoms with Crippen LogP contribution in [0.1, 0.15) is 21.5 Å². The van der Waals surface area contributed by atoms with Crippen LogP contribution in [0.4, 0.5) is 20.2 Å². The molecule has 3 N–H and O–H groups in total. The molecule has 0 atom stereocenters. The average Bonchev–Trinajstić information content (AvgIpc) is 2.72. The molecule has 0 spiro atoms. The molecule has 0 unspecified atom stereocenters. The number of aryl methyl sites for hydroxylation is 2. The van der Waals surface area contributed by atoms with Gasteiger partial charge in [0.2, 0.25) is 0 Å². The van der Waals surface area contributed by atoms with Crippen LogP contribution in [-0.2, 0) is 4.79 Å². The third-order valence-electron chi connectivity index (χ3n) is 3.22. The number of nitrogen functional groups attached to an aromatic ring is 1. The van der Waals surface area contributed by atoms with Gasteiger partial charge in [0.1, 0.15) is 11.6 Å². The third kappa shape index (κ3) is 3.11. The number of nitrogens with two attached hydrogens (primary N) is 1. The number of hydrogen-bond acceptors (Lipinski definition) is 3. The minimum absolute atomic E-state index is 0.127. The highest BCUT2D eigenvalue weighted by molar-refractivity contribution is 6.51. The number of anilines is 2. The zero-order valence-corrected chi connectivity index (χ0v) is 12.0. The number of hydrogen-bond donors (Lipinski definition) is 2. The Kier molecular flexibility index (Phi) is 4.21. The summed E-state index contributed by atoms with van der Waals surface area (Å²) in [5.74, 6) is -2.09. The van der Waals surface area contributed by atoms with Crippen molar-refractivity contribution >= 4 is 23.1 Å². The second-order valence-electron chi connectivity index (χ2n) is 4.93. The van der Waals surface area contributed by atoms with Gasteiger partial charge >= 0.3 is 0 Å². The van der Waals surface area contributed by atoms with Crippen LogP contribution in [0, 0.1) is 25.5 Å². The van der Waals surface area contributed by atoms with Crippen LogP contribution in [0.2, 0.25) is 0 Å². The van der Waals surface area contributed by atoms with Gasteiger partial charge in [-0.05, 0) is 55.3 Å². The van der Waals surface area contributed by atoms with Crippen molar-refractivity contribution in [2.75, 3.05) is 11.1 Å². The van der Waals surface area contributed by atoms with Crippen LogP contribution in [-0.4, -0.2) is 11.7 Å². The number of halogens is 2. The Hall–Kier alpha value is -2.76. The van der Waals surface area contributed by atoms with Crippen LogP contribution < -0.4 is 11.1 Å². The maximum atomic E-state index is 12.8. The van der Waals surface area contributed by atoms with Gasteiger partial charge in [0.25, 0.3) is 11.7 Å². The van der Waals surface area contributed by atoms with Crippen molar-refractivity contribution in [2.45, 2.75) is 13.8 Å². The van der Waals surface area contributed by atoms with E-state index in [1.165, 1.54) is 18.2 Å². The van der Waals surface area contributed by atoms with Gasteiger partial charge in [0.15, 0.2) is 0 Å². The minimum Gasteiger partial charge on any atom is -0.399 e. The predicted molar refractivity (Wildman–Crippen MR) is 79.6 cm³/mol. The molecule has 6 heteroatoms. The summed E-state index contributed by atoms with van der Waals surface area (Å²) in [7, 11) is 0. The molecule has 1 aliphatic heterocycles. The first-order valence-electron chi connectivity index (χ1n) is 6.47. The van der Waals surface area contributed by atoms with Crippen LogP contribution in [0.25, 0.3) is 0 Å². The van der Waals surface area contributed by atoms with Crippen molar-refractivity contribution < 1.29 is 18.4 Å². The van der Waals surface area contributed by atoms with E-state index in [2.05, 4.69) is 5.32 Å². The van der Waals surface area contributed by atoms with Gasteiger partial charge in [-0.15, -0.1) is 0 Å². The Balaban J connectivity index is 0.000000172. The van der Waals surface area contributed by atoms with Crippen LogP contribution in [0.5, 0.6) is 0 Å². The van der Waals surface area contributed by atoms with E-state index in [9.17, 15) is 18.4 Å². The monoisotopic (exact) mass is 304 g/mol. The molecule has 22 heavy (non-hydrogen) atoms. The summed E-state index contributed by atoms with van der Waals surface area (Å²) in [4.78, 5) is 22.0. The van der Waals surface area contributed by atoms with E-state index < -0.39 is 17.5 Å². The summed E-state index contributed by atoms with van der Waals surface area (Å²) in [6.45, 7) is 3.42. The van der Waals surface area contributed by atoms with Gasteiger partial charge in [-0.25, -0.2) is 8.78 Å². The van der Waals surface area contributed by atoms with Gasteiger partial charge in [0.05, 0.1) is 11.3 Å². The molecule has 3 rings (SSSR count). The summed E-state index contributed by atoms with van der Waals surface area (Å²) in [6.07, 6.45) is 0. The second kappa shape index (κ2) is 5.93. The summed E-state index contributed by atoms with van der Waals surface area (Å²) >= 11 is 0. The molecule has 1 aliphatic rings. The number of carbonyl (C=O) groups excluding carboxylic acids is 2. The van der Waals surface area contributed by atoms with E-state index in [1.54, 1.807) is 19.9 Å². The van der Waals surface area contributed by atoms with E-state index in [-0.39, 0.29) is 11.4 Å². The number of ketones is 1. The summed E-state index contributed by atoms with van der Waals surface area (Å²) in [5, 5.41) is 2.39. The smallest absolute Gasteiger partial charge is 0.296 e. The summed E-state index contributed by atoms with van der Waals surface area (Å²) in [5.41, 5.74) is 7.96. The molecule has 0 saturated carbocycles. The Labute approximate surface area is 125 Å². The lowest BCUT2D eigenvalue weighted by Crippen LogP contribution is -2.12. The number of rotatable bonds is 0. The maximum absolute atomic E-state index is 12.8. The summed E-state index contributed by atoms with van der Waals surface area (Å²) < 4.78 is 25.1. The number of carbonyl (C=O) groups is 2. The molecule has 4 nitrogen and oxygen atoms in total. The first kappa shape index (κ1) is 15.6. The fourth-order valence-electron chi connectivity index (χ4n) is 2.02. The number of amides is 1. The van der Waals surface area contributed by atoms with Crippen molar-refractivity contribution in [3.8, 4) is 0 Å². The fourth-order valence-corrected chi connectivity index (χ4v) is 2.02. The normalized spacial score (nSPS) is 12.4. The molecule has 0 bridgehead atoms. The van der Waals surface area contributed by atoms with Crippen LogP contribution in [0.15, 0.2) is 30.3 Å². The first-order valence-corrected chi connectivity index (χ1v) is 6.47. The van der Waals surface area contributed by atoms with Gasteiger partial charge in [-0.3, -0.25) is 9.59 Å². The van der Waals surface area contributed by atoms with Crippen molar-refractivity contribution in [2.24, 2.45) is 0 Å². The molecule has 2 aromatic carbocycles. The van der Waals surface area contributed by atoms with Gasteiger partial charge in [-0.1, -0.05) is 0 Å². The molecule has 0 saturated heterocycles. The quantitative estimate of drug-likeness (QED) is 0.580.